The first kappa shape index (κ1) is 13.3. The summed E-state index contributed by atoms with van der Waals surface area (Å²) in [5.41, 5.74) is 0.842. The molecule has 1 N–H and O–H groups in total. The molecule has 6 nitrogen and oxygen atoms in total. The average Bonchev–Trinajstić information content (AvgIpc) is 3.15. The Bertz CT molecular complexity index is 751. The summed E-state index contributed by atoms with van der Waals surface area (Å²) in [6, 6.07) is 11.0. The molecule has 3 rings (SSSR count). The summed E-state index contributed by atoms with van der Waals surface area (Å²) in [6.07, 6.45) is 0. The van der Waals surface area contributed by atoms with Crippen molar-refractivity contribution in [3.63, 3.8) is 0 Å². The minimum atomic E-state index is -1.02. The van der Waals surface area contributed by atoms with Gasteiger partial charge in [0.25, 0.3) is 5.89 Å². The standard InChI is InChI=1S/C14H10N2O4S/c17-14(18)12-10(6-7-21-12)19-8-11-15-13(16-20-11)9-4-2-1-3-5-9/h1-7H,8H2,(H,17,18). The van der Waals surface area contributed by atoms with Crippen LogP contribution in [0.15, 0.2) is 46.3 Å². The van der Waals surface area contributed by atoms with Crippen LogP contribution in [-0.4, -0.2) is 21.2 Å². The summed E-state index contributed by atoms with van der Waals surface area (Å²) in [5, 5.41) is 14.5. The monoisotopic (exact) mass is 302 g/mol. The minimum Gasteiger partial charge on any atom is -0.482 e. The Morgan fingerprint density at radius 2 is 2.10 bits per heavy atom. The van der Waals surface area contributed by atoms with Gasteiger partial charge in [0.05, 0.1) is 0 Å². The first-order valence-corrected chi connectivity index (χ1v) is 6.93. The van der Waals surface area contributed by atoms with Crippen LogP contribution in [0.3, 0.4) is 0 Å². The lowest BCUT2D eigenvalue weighted by Gasteiger charge is -2.01. The van der Waals surface area contributed by atoms with Gasteiger partial charge in [0.1, 0.15) is 5.75 Å². The Morgan fingerprint density at radius 3 is 2.86 bits per heavy atom. The van der Waals surface area contributed by atoms with E-state index in [9.17, 15) is 4.79 Å². The molecular weight excluding hydrogens is 292 g/mol. The topological polar surface area (TPSA) is 85.5 Å². The van der Waals surface area contributed by atoms with Crippen molar-refractivity contribution in [2.75, 3.05) is 0 Å². The second-order valence-corrected chi connectivity index (χ2v) is 5.00. The van der Waals surface area contributed by atoms with Crippen molar-refractivity contribution >= 4 is 17.3 Å². The molecule has 0 radical (unpaired) electrons. The predicted octanol–water partition coefficient (Wildman–Crippen LogP) is 3.08. The molecule has 0 atom stereocenters. The van der Waals surface area contributed by atoms with Crippen LogP contribution in [0, 0.1) is 0 Å². The molecule has 0 bridgehead atoms. The van der Waals surface area contributed by atoms with Crippen molar-refractivity contribution in [3.8, 4) is 17.1 Å². The van der Waals surface area contributed by atoms with Gasteiger partial charge in [-0.05, 0) is 11.4 Å². The number of carbonyl (C=O) groups is 1. The van der Waals surface area contributed by atoms with E-state index in [0.717, 1.165) is 16.9 Å². The molecule has 106 valence electrons. The Hall–Kier alpha value is -2.67. The molecule has 0 saturated heterocycles. The number of carboxylic acids is 1. The molecule has 0 amide bonds. The number of aromatic carboxylic acids is 1. The lowest BCUT2D eigenvalue weighted by Crippen LogP contribution is -2.00. The van der Waals surface area contributed by atoms with Gasteiger partial charge in [-0.15, -0.1) is 11.3 Å². The molecule has 0 fully saturated rings. The highest BCUT2D eigenvalue weighted by molar-refractivity contribution is 7.12. The first-order valence-electron chi connectivity index (χ1n) is 6.05. The number of thiophene rings is 1. The van der Waals surface area contributed by atoms with Crippen LogP contribution in [0.25, 0.3) is 11.4 Å². The third-order valence-electron chi connectivity index (χ3n) is 2.67. The molecule has 0 aliphatic heterocycles. The van der Waals surface area contributed by atoms with Crippen molar-refractivity contribution in [2.24, 2.45) is 0 Å². The molecular formula is C14H10N2O4S. The fourth-order valence-electron chi connectivity index (χ4n) is 1.72. The molecule has 0 saturated carbocycles. The molecule has 3 aromatic rings. The Labute approximate surface area is 123 Å². The molecule has 7 heteroatoms. The van der Waals surface area contributed by atoms with E-state index in [-0.39, 0.29) is 17.4 Å². The maximum atomic E-state index is 11.0. The molecule has 21 heavy (non-hydrogen) atoms. The van der Waals surface area contributed by atoms with Crippen molar-refractivity contribution in [1.82, 2.24) is 10.1 Å². The second kappa shape index (κ2) is 5.76. The van der Waals surface area contributed by atoms with Gasteiger partial charge in [-0.25, -0.2) is 4.79 Å². The summed E-state index contributed by atoms with van der Waals surface area (Å²) in [5.74, 6) is 0.0387. The van der Waals surface area contributed by atoms with Crippen LogP contribution in [0.4, 0.5) is 0 Å². The van der Waals surface area contributed by atoms with Crippen molar-refractivity contribution in [1.29, 1.82) is 0 Å². The number of ether oxygens (including phenoxy) is 1. The molecule has 2 aromatic heterocycles. The number of hydrogen-bond acceptors (Lipinski definition) is 6. The van der Waals surface area contributed by atoms with E-state index in [1.807, 2.05) is 30.3 Å². The summed E-state index contributed by atoms with van der Waals surface area (Å²) in [4.78, 5) is 15.3. The number of hydrogen-bond donors (Lipinski definition) is 1. The molecule has 0 aliphatic carbocycles. The van der Waals surface area contributed by atoms with E-state index in [0.29, 0.717) is 11.6 Å². The summed E-state index contributed by atoms with van der Waals surface area (Å²) in [7, 11) is 0. The quantitative estimate of drug-likeness (QED) is 0.779. The number of rotatable bonds is 5. The van der Waals surface area contributed by atoms with Crippen LogP contribution in [0.2, 0.25) is 0 Å². The highest BCUT2D eigenvalue weighted by atomic mass is 32.1. The smallest absolute Gasteiger partial charge is 0.349 e. The fraction of sp³-hybridized carbons (Fsp3) is 0.0714. The molecule has 2 heterocycles. The number of nitrogens with zero attached hydrogens (tertiary/aromatic N) is 2. The molecule has 1 aromatic carbocycles. The van der Waals surface area contributed by atoms with Crippen LogP contribution in [-0.2, 0) is 6.61 Å². The van der Waals surface area contributed by atoms with Gasteiger partial charge in [-0.3, -0.25) is 0 Å². The SMILES string of the molecule is O=C(O)c1sccc1OCc1nc(-c2ccccc2)no1. The van der Waals surface area contributed by atoms with Crippen molar-refractivity contribution < 1.29 is 19.2 Å². The van der Waals surface area contributed by atoms with Gasteiger partial charge in [0.15, 0.2) is 11.5 Å². The van der Waals surface area contributed by atoms with Crippen LogP contribution < -0.4 is 4.74 Å². The number of aromatic nitrogens is 2. The third-order valence-corrected chi connectivity index (χ3v) is 3.56. The number of carboxylic acid groups (broad SMARTS) is 1. The van der Waals surface area contributed by atoms with E-state index >= 15 is 0 Å². The zero-order chi connectivity index (χ0) is 14.7. The molecule has 0 unspecified atom stereocenters. The van der Waals surface area contributed by atoms with Crippen molar-refractivity contribution in [3.05, 3.63) is 52.5 Å². The summed E-state index contributed by atoms with van der Waals surface area (Å²) < 4.78 is 10.5. The zero-order valence-electron chi connectivity index (χ0n) is 10.7. The van der Waals surface area contributed by atoms with Crippen LogP contribution >= 0.6 is 11.3 Å². The molecule has 0 aliphatic rings. The van der Waals surface area contributed by atoms with Gasteiger partial charge < -0.3 is 14.4 Å². The van der Waals surface area contributed by atoms with E-state index in [1.54, 1.807) is 11.4 Å². The van der Waals surface area contributed by atoms with E-state index < -0.39 is 5.97 Å². The molecule has 0 spiro atoms. The normalized spacial score (nSPS) is 10.5. The van der Waals surface area contributed by atoms with Gasteiger partial charge >= 0.3 is 5.97 Å². The van der Waals surface area contributed by atoms with E-state index in [2.05, 4.69) is 10.1 Å². The second-order valence-electron chi connectivity index (χ2n) is 4.09. The maximum Gasteiger partial charge on any atom is 0.349 e. The maximum absolute atomic E-state index is 11.0. The number of benzene rings is 1. The van der Waals surface area contributed by atoms with Gasteiger partial charge in [0.2, 0.25) is 5.82 Å². The van der Waals surface area contributed by atoms with Gasteiger partial charge in [0, 0.05) is 5.56 Å². The highest BCUT2D eigenvalue weighted by Gasteiger charge is 2.15. The van der Waals surface area contributed by atoms with Crippen LogP contribution in [0.1, 0.15) is 15.6 Å². The summed E-state index contributed by atoms with van der Waals surface area (Å²) >= 11 is 1.10. The lowest BCUT2D eigenvalue weighted by molar-refractivity contribution is 0.0697. The van der Waals surface area contributed by atoms with Gasteiger partial charge in [-0.2, -0.15) is 4.98 Å². The first-order chi connectivity index (χ1) is 10.2. The Balaban J connectivity index is 1.71. The minimum absolute atomic E-state index is 0.0246. The predicted molar refractivity (Wildman–Crippen MR) is 75.3 cm³/mol. The zero-order valence-corrected chi connectivity index (χ0v) is 11.5. The largest absolute Gasteiger partial charge is 0.482 e. The van der Waals surface area contributed by atoms with E-state index in [1.165, 1.54) is 0 Å². The van der Waals surface area contributed by atoms with Crippen molar-refractivity contribution in [2.45, 2.75) is 6.61 Å². The third kappa shape index (κ3) is 2.92. The fourth-order valence-corrected chi connectivity index (χ4v) is 2.40. The Kier molecular flexibility index (Phi) is 3.65. The van der Waals surface area contributed by atoms with E-state index in [4.69, 9.17) is 14.4 Å². The van der Waals surface area contributed by atoms with Gasteiger partial charge in [-0.1, -0.05) is 35.5 Å². The van der Waals surface area contributed by atoms with Crippen LogP contribution in [0.5, 0.6) is 5.75 Å². The highest BCUT2D eigenvalue weighted by Crippen LogP contribution is 2.25. The summed E-state index contributed by atoms with van der Waals surface area (Å²) in [6.45, 7) is 0.0246. The Morgan fingerprint density at radius 1 is 1.29 bits per heavy atom. The average molecular weight is 302 g/mol. The lowest BCUT2D eigenvalue weighted by atomic mass is 10.2.